The van der Waals surface area contributed by atoms with E-state index in [1.807, 2.05) is 32.8 Å². The van der Waals surface area contributed by atoms with Crippen LogP contribution in [0.2, 0.25) is 0 Å². The van der Waals surface area contributed by atoms with Crippen molar-refractivity contribution in [3.8, 4) is 5.75 Å². The van der Waals surface area contributed by atoms with Crippen LogP contribution < -0.4 is 14.5 Å². The lowest BCUT2D eigenvalue weighted by Gasteiger charge is -2.26. The molecule has 4 rings (SSSR count). The zero-order chi connectivity index (χ0) is 28.5. The zero-order valence-corrected chi connectivity index (χ0v) is 22.0. The van der Waals surface area contributed by atoms with Gasteiger partial charge in [-0.15, -0.1) is 0 Å². The quantitative estimate of drug-likeness (QED) is 0.213. The van der Waals surface area contributed by atoms with Crippen molar-refractivity contribution in [2.45, 2.75) is 26.1 Å². The van der Waals surface area contributed by atoms with Crippen molar-refractivity contribution in [3.05, 3.63) is 95.1 Å². The number of aliphatic hydroxyl groups is 1. The van der Waals surface area contributed by atoms with Crippen molar-refractivity contribution < 1.29 is 32.6 Å². The molecule has 0 aliphatic carbocycles. The summed E-state index contributed by atoms with van der Waals surface area (Å²) in [4.78, 5) is 29.5. The smallest absolute Gasteiger partial charge is 0.416 e. The van der Waals surface area contributed by atoms with E-state index in [0.717, 1.165) is 22.7 Å². The molecule has 0 radical (unpaired) electrons. The largest absolute Gasteiger partial charge is 0.507 e. The van der Waals surface area contributed by atoms with Crippen LogP contribution in [0.5, 0.6) is 5.75 Å². The summed E-state index contributed by atoms with van der Waals surface area (Å²) in [5.41, 5.74) is 0.280. The second-order valence-electron chi connectivity index (χ2n) is 9.93. The number of nitrogens with zero attached hydrogens (tertiary/aromatic N) is 2. The topological polar surface area (TPSA) is 70.1 Å². The number of carbonyl (C=O) groups excluding carboxylic acids is 2. The highest BCUT2D eigenvalue weighted by Crippen LogP contribution is 2.43. The highest BCUT2D eigenvalue weighted by Gasteiger charge is 2.47. The molecule has 0 spiro atoms. The van der Waals surface area contributed by atoms with Gasteiger partial charge in [0.2, 0.25) is 0 Å². The molecule has 9 heteroatoms. The molecule has 1 fully saturated rings. The predicted octanol–water partition coefficient (Wildman–Crippen LogP) is 6.43. The number of anilines is 2. The first kappa shape index (κ1) is 27.8. The summed E-state index contributed by atoms with van der Waals surface area (Å²) in [7, 11) is 3.69. The molecule has 39 heavy (non-hydrogen) atoms. The average Bonchev–Trinajstić information content (AvgIpc) is 3.17. The van der Waals surface area contributed by atoms with Crippen LogP contribution in [-0.4, -0.2) is 37.5 Å². The molecule has 1 amide bonds. The van der Waals surface area contributed by atoms with E-state index in [2.05, 4.69) is 0 Å². The minimum absolute atomic E-state index is 0.106. The van der Waals surface area contributed by atoms with Gasteiger partial charge >= 0.3 is 6.18 Å². The monoisotopic (exact) mass is 538 g/mol. The molecule has 1 aliphatic heterocycles. The first-order chi connectivity index (χ1) is 18.4. The van der Waals surface area contributed by atoms with Crippen molar-refractivity contribution in [2.75, 3.05) is 30.5 Å². The van der Waals surface area contributed by atoms with Crippen LogP contribution in [0, 0.1) is 5.92 Å². The van der Waals surface area contributed by atoms with Crippen LogP contribution in [0.25, 0.3) is 5.76 Å². The minimum atomic E-state index is -4.65. The van der Waals surface area contributed by atoms with Crippen molar-refractivity contribution in [1.29, 1.82) is 0 Å². The fraction of sp³-hybridized carbons (Fsp3) is 0.267. The normalized spacial score (nSPS) is 17.1. The molecule has 0 aromatic heterocycles. The molecule has 3 aromatic carbocycles. The summed E-state index contributed by atoms with van der Waals surface area (Å²) in [5, 5.41) is 11.3. The van der Waals surface area contributed by atoms with E-state index in [9.17, 15) is 27.9 Å². The number of ether oxygens (including phenoxy) is 1. The average molecular weight is 539 g/mol. The maximum absolute atomic E-state index is 13.5. The van der Waals surface area contributed by atoms with Gasteiger partial charge in [-0.25, -0.2) is 0 Å². The van der Waals surface area contributed by atoms with Crippen molar-refractivity contribution in [3.63, 3.8) is 0 Å². The van der Waals surface area contributed by atoms with E-state index < -0.39 is 35.2 Å². The third-order valence-corrected chi connectivity index (χ3v) is 6.33. The fourth-order valence-corrected chi connectivity index (χ4v) is 4.33. The van der Waals surface area contributed by atoms with E-state index in [0.29, 0.717) is 23.8 Å². The van der Waals surface area contributed by atoms with Crippen LogP contribution in [0.1, 0.15) is 36.6 Å². The number of carbonyl (C=O) groups is 2. The number of rotatable bonds is 7. The highest BCUT2D eigenvalue weighted by molar-refractivity contribution is 6.51. The molecular formula is C30H29F3N2O4. The lowest BCUT2D eigenvalue weighted by Crippen LogP contribution is -2.29. The summed E-state index contributed by atoms with van der Waals surface area (Å²) in [5.74, 6) is -1.58. The molecule has 0 bridgehead atoms. The number of hydrogen-bond acceptors (Lipinski definition) is 5. The Kier molecular flexibility index (Phi) is 7.72. The predicted molar refractivity (Wildman–Crippen MR) is 144 cm³/mol. The second-order valence-corrected chi connectivity index (χ2v) is 9.93. The highest BCUT2D eigenvalue weighted by atomic mass is 19.4. The van der Waals surface area contributed by atoms with Gasteiger partial charge in [-0.3, -0.25) is 14.5 Å². The number of benzene rings is 3. The number of alkyl halides is 3. The number of amides is 1. The van der Waals surface area contributed by atoms with Gasteiger partial charge in [0.1, 0.15) is 11.5 Å². The lowest BCUT2D eigenvalue weighted by atomic mass is 9.94. The molecular weight excluding hydrogens is 509 g/mol. The molecule has 1 unspecified atom stereocenters. The number of halogens is 3. The summed E-state index contributed by atoms with van der Waals surface area (Å²) < 4.78 is 46.2. The van der Waals surface area contributed by atoms with Gasteiger partial charge in [-0.2, -0.15) is 13.2 Å². The van der Waals surface area contributed by atoms with Crippen molar-refractivity contribution >= 4 is 28.8 Å². The Hall–Kier alpha value is -4.27. The van der Waals surface area contributed by atoms with E-state index in [-0.39, 0.29) is 16.8 Å². The van der Waals surface area contributed by atoms with E-state index in [1.165, 1.54) is 12.1 Å². The van der Waals surface area contributed by atoms with Gasteiger partial charge in [0, 0.05) is 31.0 Å². The molecule has 0 saturated carbocycles. The second kappa shape index (κ2) is 10.8. The zero-order valence-electron chi connectivity index (χ0n) is 22.0. The molecule has 1 saturated heterocycles. The first-order valence-corrected chi connectivity index (χ1v) is 12.4. The van der Waals surface area contributed by atoms with Gasteiger partial charge in [-0.1, -0.05) is 32.0 Å². The minimum Gasteiger partial charge on any atom is -0.507 e. The number of hydrogen-bond donors (Lipinski definition) is 1. The molecule has 204 valence electrons. The number of Topliss-reactive ketones (excluding diaryl/α,β-unsaturated/α-hetero) is 1. The van der Waals surface area contributed by atoms with E-state index >= 15 is 0 Å². The van der Waals surface area contributed by atoms with Gasteiger partial charge in [0.15, 0.2) is 0 Å². The summed E-state index contributed by atoms with van der Waals surface area (Å²) >= 11 is 0. The van der Waals surface area contributed by atoms with Crippen LogP contribution in [-0.2, 0) is 15.8 Å². The van der Waals surface area contributed by atoms with Crippen molar-refractivity contribution in [2.24, 2.45) is 5.92 Å². The Labute approximate surface area is 224 Å². The van der Waals surface area contributed by atoms with E-state index in [4.69, 9.17) is 4.74 Å². The standard InChI is InChI=1S/C30H29F3N2O4/c1-18(2)17-39-24-14-10-20(11-15-24)27(36)25-26(19-8-12-22(13-9-19)34(3)4)35(29(38)28(25)37)23-7-5-6-21(16-23)30(31,32)33/h5-16,18,26,36H,17H2,1-4H3/b27-25+. The Morgan fingerprint density at radius 2 is 1.64 bits per heavy atom. The Bertz CT molecular complexity index is 1390. The molecule has 1 N–H and O–H groups in total. The van der Waals surface area contributed by atoms with Crippen LogP contribution in [0.3, 0.4) is 0 Å². The summed E-state index contributed by atoms with van der Waals surface area (Å²) in [6, 6.07) is 16.4. The SMILES string of the molecule is CC(C)COc1ccc(/C(O)=C2\C(=O)C(=O)N(c3cccc(C(F)(F)F)c3)C2c2ccc(N(C)C)cc2)cc1. The molecule has 6 nitrogen and oxygen atoms in total. The Morgan fingerprint density at radius 1 is 1.00 bits per heavy atom. The first-order valence-electron chi connectivity index (χ1n) is 12.4. The maximum Gasteiger partial charge on any atom is 0.416 e. The van der Waals surface area contributed by atoms with Crippen LogP contribution in [0.15, 0.2) is 78.4 Å². The fourth-order valence-electron chi connectivity index (χ4n) is 4.33. The molecule has 1 heterocycles. The lowest BCUT2D eigenvalue weighted by molar-refractivity contribution is -0.137. The van der Waals surface area contributed by atoms with Gasteiger partial charge in [0.25, 0.3) is 11.7 Å². The van der Waals surface area contributed by atoms with Crippen LogP contribution in [0.4, 0.5) is 24.5 Å². The summed E-state index contributed by atoms with van der Waals surface area (Å²) in [6.07, 6.45) is -4.65. The van der Waals surface area contributed by atoms with Gasteiger partial charge in [-0.05, 0) is 66.1 Å². The van der Waals surface area contributed by atoms with Gasteiger partial charge < -0.3 is 14.7 Å². The Balaban J connectivity index is 1.85. The summed E-state index contributed by atoms with van der Waals surface area (Å²) in [6.45, 7) is 4.51. The molecule has 1 aliphatic rings. The Morgan fingerprint density at radius 3 is 2.21 bits per heavy atom. The maximum atomic E-state index is 13.5. The molecule has 1 atom stereocenters. The molecule has 3 aromatic rings. The van der Waals surface area contributed by atoms with Gasteiger partial charge in [0.05, 0.1) is 23.8 Å². The number of aliphatic hydroxyl groups excluding tert-OH is 1. The number of ketones is 1. The van der Waals surface area contributed by atoms with Crippen molar-refractivity contribution in [1.82, 2.24) is 0 Å². The van der Waals surface area contributed by atoms with E-state index in [1.54, 1.807) is 48.5 Å². The third-order valence-electron chi connectivity index (χ3n) is 6.33. The third kappa shape index (κ3) is 5.77. The van der Waals surface area contributed by atoms with Crippen LogP contribution >= 0.6 is 0 Å².